The maximum atomic E-state index is 12.2. The fourth-order valence-corrected chi connectivity index (χ4v) is 3.14. The molecule has 1 saturated heterocycles. The highest BCUT2D eigenvalue weighted by molar-refractivity contribution is 9.10. The monoisotopic (exact) mass is 493 g/mol. The second-order valence-electron chi connectivity index (χ2n) is 6.52. The average Bonchev–Trinajstić information content (AvgIpc) is 3.09. The third-order valence-corrected chi connectivity index (χ3v) is 5.06. The number of halogens is 2. The predicted molar refractivity (Wildman–Crippen MR) is 112 cm³/mol. The molecular weight excluding hydrogens is 478 g/mol. The van der Waals surface area contributed by atoms with Crippen LogP contribution < -0.4 is 10.7 Å². The number of ether oxygens (including phenoxy) is 1. The van der Waals surface area contributed by atoms with E-state index in [0.29, 0.717) is 16.3 Å². The first-order valence-corrected chi connectivity index (χ1v) is 10.1. The molecule has 10 heteroatoms. The van der Waals surface area contributed by atoms with Crippen LogP contribution in [-0.2, 0) is 19.1 Å². The number of hydrogen-bond acceptors (Lipinski definition) is 5. The van der Waals surface area contributed by atoms with Gasteiger partial charge in [-0.3, -0.25) is 29.6 Å². The number of hydrogen-bond donors (Lipinski definition) is 2. The molecule has 0 aromatic heterocycles. The van der Waals surface area contributed by atoms with Crippen LogP contribution in [0.2, 0.25) is 5.02 Å². The number of esters is 1. The minimum absolute atomic E-state index is 0.0290. The highest BCUT2D eigenvalue weighted by atomic mass is 79.9. The maximum Gasteiger partial charge on any atom is 0.311 e. The van der Waals surface area contributed by atoms with Crippen LogP contribution in [0, 0.1) is 5.92 Å². The van der Waals surface area contributed by atoms with Gasteiger partial charge in [-0.15, -0.1) is 0 Å². The zero-order valence-corrected chi connectivity index (χ0v) is 17.9. The summed E-state index contributed by atoms with van der Waals surface area (Å²) in [5.41, 5.74) is 3.37. The fraction of sp³-hybridized carbons (Fsp3) is 0.200. The summed E-state index contributed by atoms with van der Waals surface area (Å²) in [6.45, 7) is -0.518. The summed E-state index contributed by atoms with van der Waals surface area (Å²) in [4.78, 5) is 48.5. The molecule has 0 radical (unpaired) electrons. The van der Waals surface area contributed by atoms with Crippen molar-refractivity contribution in [3.05, 3.63) is 63.6 Å². The molecule has 0 unspecified atom stereocenters. The Morgan fingerprint density at radius 1 is 1.10 bits per heavy atom. The standard InChI is InChI=1S/C20H17BrClN3O5/c21-14-3-1-12(2-4-14)19(28)24-25-10-13(9-18(25)27)20(29)30-11-17(26)23-16-7-5-15(22)6-8-16/h1-8,13H,9-11H2,(H,23,26)(H,24,28)/t13-/m1/s1. The van der Waals surface area contributed by atoms with Crippen molar-refractivity contribution in [1.29, 1.82) is 0 Å². The third-order valence-electron chi connectivity index (χ3n) is 4.27. The molecule has 2 aromatic rings. The van der Waals surface area contributed by atoms with E-state index in [1.54, 1.807) is 48.5 Å². The van der Waals surface area contributed by atoms with E-state index >= 15 is 0 Å². The molecule has 0 bridgehead atoms. The Bertz CT molecular complexity index is 965. The Labute approximate surface area is 185 Å². The SMILES string of the molecule is O=C(COC(=O)[C@@H]1CC(=O)N(NC(=O)c2ccc(Br)cc2)C1)Nc1ccc(Cl)cc1. The van der Waals surface area contributed by atoms with Gasteiger partial charge in [-0.2, -0.15) is 0 Å². The lowest BCUT2D eigenvalue weighted by Crippen LogP contribution is -2.43. The molecule has 8 nitrogen and oxygen atoms in total. The number of nitrogens with one attached hydrogen (secondary N) is 2. The van der Waals surface area contributed by atoms with Crippen molar-refractivity contribution in [3.8, 4) is 0 Å². The van der Waals surface area contributed by atoms with Crippen LogP contribution in [0.15, 0.2) is 53.0 Å². The van der Waals surface area contributed by atoms with Gasteiger partial charge >= 0.3 is 5.97 Å². The average molecular weight is 495 g/mol. The molecule has 1 fully saturated rings. The molecule has 3 amide bonds. The van der Waals surface area contributed by atoms with Gasteiger partial charge in [-0.1, -0.05) is 27.5 Å². The van der Waals surface area contributed by atoms with Gasteiger partial charge in [-0.05, 0) is 48.5 Å². The molecule has 1 aliphatic rings. The number of carbonyl (C=O) groups is 4. The molecule has 0 aliphatic carbocycles. The molecule has 156 valence electrons. The van der Waals surface area contributed by atoms with E-state index in [9.17, 15) is 19.2 Å². The van der Waals surface area contributed by atoms with Crippen molar-refractivity contribution < 1.29 is 23.9 Å². The smallest absolute Gasteiger partial charge is 0.311 e. The number of nitrogens with zero attached hydrogens (tertiary/aromatic N) is 1. The number of rotatable bonds is 6. The minimum atomic E-state index is -0.772. The molecular formula is C20H17BrClN3O5. The molecule has 2 aromatic carbocycles. The number of benzene rings is 2. The summed E-state index contributed by atoms with van der Waals surface area (Å²) >= 11 is 9.06. The van der Waals surface area contributed by atoms with Gasteiger partial charge in [0.25, 0.3) is 11.8 Å². The van der Waals surface area contributed by atoms with E-state index in [1.165, 1.54) is 0 Å². The van der Waals surface area contributed by atoms with E-state index in [4.69, 9.17) is 16.3 Å². The lowest BCUT2D eigenvalue weighted by atomic mass is 10.1. The number of amides is 3. The first-order valence-electron chi connectivity index (χ1n) is 8.91. The summed E-state index contributed by atoms with van der Waals surface area (Å²) in [7, 11) is 0. The van der Waals surface area contributed by atoms with E-state index in [2.05, 4.69) is 26.7 Å². The maximum absolute atomic E-state index is 12.2. The van der Waals surface area contributed by atoms with Gasteiger partial charge < -0.3 is 10.1 Å². The molecule has 1 atom stereocenters. The second kappa shape index (κ2) is 9.73. The molecule has 30 heavy (non-hydrogen) atoms. The minimum Gasteiger partial charge on any atom is -0.455 e. The predicted octanol–water partition coefficient (Wildman–Crippen LogP) is 2.78. The summed E-state index contributed by atoms with van der Waals surface area (Å²) in [5, 5.41) is 4.19. The van der Waals surface area contributed by atoms with Gasteiger partial charge in [0.1, 0.15) is 0 Å². The molecule has 1 aliphatic heterocycles. The van der Waals surface area contributed by atoms with E-state index in [-0.39, 0.29) is 13.0 Å². The van der Waals surface area contributed by atoms with Crippen molar-refractivity contribution >= 4 is 56.9 Å². The first kappa shape index (κ1) is 21.8. The van der Waals surface area contributed by atoms with Crippen LogP contribution >= 0.6 is 27.5 Å². The molecule has 2 N–H and O–H groups in total. The van der Waals surface area contributed by atoms with Crippen LogP contribution in [0.4, 0.5) is 5.69 Å². The highest BCUT2D eigenvalue weighted by Gasteiger charge is 2.36. The number of anilines is 1. The van der Waals surface area contributed by atoms with E-state index in [0.717, 1.165) is 9.48 Å². The number of hydrazine groups is 1. The van der Waals surface area contributed by atoms with Crippen LogP contribution in [0.25, 0.3) is 0 Å². The second-order valence-corrected chi connectivity index (χ2v) is 7.87. The van der Waals surface area contributed by atoms with E-state index in [1.807, 2.05) is 0 Å². The van der Waals surface area contributed by atoms with Gasteiger partial charge in [-0.25, -0.2) is 0 Å². The van der Waals surface area contributed by atoms with Crippen LogP contribution in [0.3, 0.4) is 0 Å². The van der Waals surface area contributed by atoms with Crippen molar-refractivity contribution in [3.63, 3.8) is 0 Å². The quantitative estimate of drug-likeness (QED) is 0.601. The fourth-order valence-electron chi connectivity index (χ4n) is 2.75. The topological polar surface area (TPSA) is 105 Å². The first-order chi connectivity index (χ1) is 14.3. The number of carbonyl (C=O) groups excluding carboxylic acids is 4. The van der Waals surface area contributed by atoms with Crippen molar-refractivity contribution in [2.75, 3.05) is 18.5 Å². The lowest BCUT2D eigenvalue weighted by molar-refractivity contribution is -0.151. The van der Waals surface area contributed by atoms with Gasteiger partial charge in [0, 0.05) is 27.2 Å². The molecule has 0 saturated carbocycles. The normalized spacial score (nSPS) is 15.6. The van der Waals surface area contributed by atoms with Crippen LogP contribution in [0.5, 0.6) is 0 Å². The summed E-state index contributed by atoms with van der Waals surface area (Å²) < 4.78 is 5.83. The van der Waals surface area contributed by atoms with Gasteiger partial charge in [0.2, 0.25) is 5.91 Å². The van der Waals surface area contributed by atoms with Crippen molar-refractivity contribution in [2.24, 2.45) is 5.92 Å². The van der Waals surface area contributed by atoms with E-state index < -0.39 is 36.2 Å². The summed E-state index contributed by atoms with van der Waals surface area (Å²) in [5.74, 6) is -2.85. The summed E-state index contributed by atoms with van der Waals surface area (Å²) in [6.07, 6.45) is -0.113. The van der Waals surface area contributed by atoms with Crippen LogP contribution in [0.1, 0.15) is 16.8 Å². The Kier molecular flexibility index (Phi) is 7.07. The van der Waals surface area contributed by atoms with Crippen molar-refractivity contribution in [2.45, 2.75) is 6.42 Å². The molecule has 3 rings (SSSR count). The molecule has 1 heterocycles. The largest absolute Gasteiger partial charge is 0.455 e. The van der Waals surface area contributed by atoms with Crippen molar-refractivity contribution in [1.82, 2.24) is 10.4 Å². The Morgan fingerprint density at radius 3 is 2.43 bits per heavy atom. The van der Waals surface area contributed by atoms with Crippen LogP contribution in [-0.4, -0.2) is 41.9 Å². The lowest BCUT2D eigenvalue weighted by Gasteiger charge is -2.17. The van der Waals surface area contributed by atoms with Gasteiger partial charge in [0.15, 0.2) is 6.61 Å². The Morgan fingerprint density at radius 2 is 1.77 bits per heavy atom. The Hall–Kier alpha value is -2.91. The summed E-state index contributed by atoms with van der Waals surface area (Å²) in [6, 6.07) is 13.1. The highest BCUT2D eigenvalue weighted by Crippen LogP contribution is 2.19. The Balaban J connectivity index is 1.47. The van der Waals surface area contributed by atoms with Gasteiger partial charge in [0.05, 0.1) is 12.5 Å². The zero-order valence-electron chi connectivity index (χ0n) is 15.6. The molecule has 0 spiro atoms. The third kappa shape index (κ3) is 5.80. The zero-order chi connectivity index (χ0) is 21.7.